The Balaban J connectivity index is 2.01. The molecule has 22 heavy (non-hydrogen) atoms. The summed E-state index contributed by atoms with van der Waals surface area (Å²) in [5.74, 6) is -0.503. The summed E-state index contributed by atoms with van der Waals surface area (Å²) in [6.07, 6.45) is -3.48. The standard InChI is InChI=1S/C13H10BrF4N3O/c1-12(13(16,17)18)6-21-9(5-22-12)10(14)11(20-21)8-3-2-7(15)4-19-8/h2-4H,5-6H2,1H3/t12-/m1/s1. The van der Waals surface area contributed by atoms with Gasteiger partial charge < -0.3 is 4.74 Å². The van der Waals surface area contributed by atoms with Gasteiger partial charge in [0.15, 0.2) is 5.60 Å². The van der Waals surface area contributed by atoms with E-state index in [2.05, 4.69) is 26.0 Å². The Kier molecular flexibility index (Phi) is 3.52. The molecule has 118 valence electrons. The average Bonchev–Trinajstić information content (AvgIpc) is 2.75. The zero-order valence-electron chi connectivity index (χ0n) is 11.3. The van der Waals surface area contributed by atoms with Crippen molar-refractivity contribution >= 4 is 15.9 Å². The molecule has 0 fully saturated rings. The minimum Gasteiger partial charge on any atom is -0.358 e. The molecule has 0 aromatic carbocycles. The molecular formula is C13H10BrF4N3O. The van der Waals surface area contributed by atoms with E-state index in [4.69, 9.17) is 4.74 Å². The third-order valence-corrected chi connectivity index (χ3v) is 4.38. The van der Waals surface area contributed by atoms with Crippen molar-refractivity contribution in [1.82, 2.24) is 14.8 Å². The second-order valence-corrected chi connectivity index (χ2v) is 5.94. The molecule has 0 spiro atoms. The van der Waals surface area contributed by atoms with Gasteiger partial charge in [-0.2, -0.15) is 18.3 Å². The third kappa shape index (κ3) is 2.41. The number of fused-ring (bicyclic) bond motifs is 1. The molecule has 0 amide bonds. The lowest BCUT2D eigenvalue weighted by Crippen LogP contribution is -2.51. The molecule has 4 nitrogen and oxygen atoms in total. The van der Waals surface area contributed by atoms with E-state index < -0.39 is 24.1 Å². The first-order valence-electron chi connectivity index (χ1n) is 6.29. The monoisotopic (exact) mass is 379 g/mol. The van der Waals surface area contributed by atoms with Crippen molar-refractivity contribution in [1.29, 1.82) is 0 Å². The van der Waals surface area contributed by atoms with Crippen LogP contribution in [0, 0.1) is 5.82 Å². The lowest BCUT2D eigenvalue weighted by atomic mass is 10.1. The SMILES string of the molecule is C[C@]1(C(F)(F)F)Cn2nc(-c3ccc(F)cn3)c(Br)c2CO1. The maximum absolute atomic E-state index is 13.1. The summed E-state index contributed by atoms with van der Waals surface area (Å²) < 4.78 is 58.9. The Morgan fingerprint density at radius 1 is 1.36 bits per heavy atom. The van der Waals surface area contributed by atoms with Gasteiger partial charge in [0.05, 0.1) is 35.2 Å². The number of halogens is 5. The largest absolute Gasteiger partial charge is 0.419 e. The summed E-state index contributed by atoms with van der Waals surface area (Å²) >= 11 is 3.30. The molecule has 3 rings (SSSR count). The van der Waals surface area contributed by atoms with Crippen LogP contribution in [0.15, 0.2) is 22.8 Å². The van der Waals surface area contributed by atoms with Gasteiger partial charge in [0.2, 0.25) is 0 Å². The highest BCUT2D eigenvalue weighted by Crippen LogP contribution is 2.41. The molecule has 1 aliphatic heterocycles. The zero-order valence-corrected chi connectivity index (χ0v) is 12.9. The number of nitrogens with zero attached hydrogens (tertiary/aromatic N) is 3. The first-order chi connectivity index (χ1) is 10.2. The smallest absolute Gasteiger partial charge is 0.358 e. The van der Waals surface area contributed by atoms with Crippen LogP contribution >= 0.6 is 15.9 Å². The molecule has 0 unspecified atom stereocenters. The normalized spacial score (nSPS) is 21.7. The average molecular weight is 380 g/mol. The Hall–Kier alpha value is -1.48. The van der Waals surface area contributed by atoms with Gasteiger partial charge in [0.1, 0.15) is 11.5 Å². The van der Waals surface area contributed by atoms with Crippen LogP contribution < -0.4 is 0 Å². The topological polar surface area (TPSA) is 39.9 Å². The summed E-state index contributed by atoms with van der Waals surface area (Å²) in [6, 6.07) is 2.63. The van der Waals surface area contributed by atoms with Crippen LogP contribution in [0.25, 0.3) is 11.4 Å². The maximum atomic E-state index is 13.1. The molecule has 3 heterocycles. The van der Waals surface area contributed by atoms with Crippen molar-refractivity contribution in [3.63, 3.8) is 0 Å². The maximum Gasteiger partial charge on any atom is 0.419 e. The lowest BCUT2D eigenvalue weighted by Gasteiger charge is -2.35. The molecule has 0 saturated heterocycles. The van der Waals surface area contributed by atoms with Crippen LogP contribution in [0.3, 0.4) is 0 Å². The van der Waals surface area contributed by atoms with Crippen molar-refractivity contribution in [3.8, 4) is 11.4 Å². The second kappa shape index (κ2) is 5.02. The fourth-order valence-corrected chi connectivity index (χ4v) is 2.76. The van der Waals surface area contributed by atoms with E-state index in [1.54, 1.807) is 0 Å². The van der Waals surface area contributed by atoms with E-state index in [0.717, 1.165) is 13.1 Å². The van der Waals surface area contributed by atoms with Gasteiger partial charge in [-0.05, 0) is 35.0 Å². The van der Waals surface area contributed by atoms with Gasteiger partial charge >= 0.3 is 6.18 Å². The zero-order chi connectivity index (χ0) is 16.1. The van der Waals surface area contributed by atoms with Crippen molar-refractivity contribution in [3.05, 3.63) is 34.3 Å². The number of ether oxygens (including phenoxy) is 1. The van der Waals surface area contributed by atoms with Gasteiger partial charge in [-0.25, -0.2) is 4.39 Å². The van der Waals surface area contributed by atoms with Crippen molar-refractivity contribution < 1.29 is 22.3 Å². The van der Waals surface area contributed by atoms with Crippen LogP contribution in [0.1, 0.15) is 12.6 Å². The fraction of sp³-hybridized carbons (Fsp3) is 0.385. The number of pyridine rings is 1. The van der Waals surface area contributed by atoms with Crippen LogP contribution in [-0.2, 0) is 17.9 Å². The molecule has 0 bridgehead atoms. The van der Waals surface area contributed by atoms with E-state index in [9.17, 15) is 17.6 Å². The van der Waals surface area contributed by atoms with E-state index in [-0.39, 0.29) is 6.61 Å². The van der Waals surface area contributed by atoms with Gasteiger partial charge in [0, 0.05) is 0 Å². The number of hydrogen-bond donors (Lipinski definition) is 0. The van der Waals surface area contributed by atoms with Crippen molar-refractivity contribution in [2.24, 2.45) is 0 Å². The molecule has 1 aliphatic rings. The Morgan fingerprint density at radius 3 is 2.68 bits per heavy atom. The predicted octanol–water partition coefficient (Wildman–Crippen LogP) is 3.70. The van der Waals surface area contributed by atoms with Crippen molar-refractivity contribution in [2.75, 3.05) is 0 Å². The summed E-state index contributed by atoms with van der Waals surface area (Å²) in [7, 11) is 0. The van der Waals surface area contributed by atoms with E-state index in [1.807, 2.05) is 0 Å². The number of alkyl halides is 3. The molecule has 0 aliphatic carbocycles. The van der Waals surface area contributed by atoms with E-state index in [1.165, 1.54) is 16.8 Å². The quantitative estimate of drug-likeness (QED) is 0.709. The van der Waals surface area contributed by atoms with E-state index >= 15 is 0 Å². The highest BCUT2D eigenvalue weighted by Gasteiger charge is 2.55. The number of rotatable bonds is 1. The third-order valence-electron chi connectivity index (χ3n) is 3.54. The summed E-state index contributed by atoms with van der Waals surface area (Å²) in [5.41, 5.74) is -1.09. The van der Waals surface area contributed by atoms with Crippen LogP contribution in [0.4, 0.5) is 17.6 Å². The first-order valence-corrected chi connectivity index (χ1v) is 7.08. The molecule has 2 aromatic heterocycles. The Bertz CT molecular complexity index is 713. The van der Waals surface area contributed by atoms with E-state index in [0.29, 0.717) is 21.6 Å². The highest BCUT2D eigenvalue weighted by molar-refractivity contribution is 9.10. The Labute approximate surface area is 131 Å². The van der Waals surface area contributed by atoms with Crippen LogP contribution in [-0.4, -0.2) is 26.5 Å². The summed E-state index contributed by atoms with van der Waals surface area (Å²) in [4.78, 5) is 3.89. The van der Waals surface area contributed by atoms with Gasteiger partial charge in [-0.15, -0.1) is 0 Å². The van der Waals surface area contributed by atoms with Crippen LogP contribution in [0.5, 0.6) is 0 Å². The lowest BCUT2D eigenvalue weighted by molar-refractivity contribution is -0.287. The van der Waals surface area contributed by atoms with Crippen molar-refractivity contribution in [2.45, 2.75) is 31.9 Å². The molecule has 2 aromatic rings. The molecule has 1 atom stereocenters. The van der Waals surface area contributed by atoms with Gasteiger partial charge in [-0.1, -0.05) is 0 Å². The highest BCUT2D eigenvalue weighted by atomic mass is 79.9. The predicted molar refractivity (Wildman–Crippen MR) is 72.4 cm³/mol. The summed E-state index contributed by atoms with van der Waals surface area (Å²) in [6.45, 7) is 0.303. The molecular weight excluding hydrogens is 370 g/mol. The molecule has 0 radical (unpaired) electrons. The minimum absolute atomic E-state index is 0.231. The minimum atomic E-state index is -4.50. The van der Waals surface area contributed by atoms with Gasteiger partial charge in [0.25, 0.3) is 0 Å². The summed E-state index contributed by atoms with van der Waals surface area (Å²) in [5, 5.41) is 4.16. The Morgan fingerprint density at radius 2 is 2.09 bits per heavy atom. The molecule has 0 saturated carbocycles. The first kappa shape index (κ1) is 15.4. The molecule has 9 heteroatoms. The van der Waals surface area contributed by atoms with Gasteiger partial charge in [-0.3, -0.25) is 9.67 Å². The second-order valence-electron chi connectivity index (χ2n) is 5.15. The number of aromatic nitrogens is 3. The number of hydrogen-bond acceptors (Lipinski definition) is 3. The molecule has 0 N–H and O–H groups in total. The van der Waals surface area contributed by atoms with Crippen LogP contribution in [0.2, 0.25) is 0 Å². The fourth-order valence-electron chi connectivity index (χ4n) is 2.15.